The standard InChI is InChI=1S/C22H27NO4S/c1-16-6-5-7-17(14-16)15-28-13-12-23-20(24)11-9-18-8-10-19(25-2)22(27-4)21(18)26-3/h5-11,14H,12-13,15H2,1-4H3,(H,23,24)/b11-9+. The average molecular weight is 402 g/mol. The number of aryl methyl sites for hydroxylation is 1. The number of rotatable bonds is 10. The molecule has 0 spiro atoms. The zero-order chi connectivity index (χ0) is 20.4. The molecule has 0 heterocycles. The molecule has 2 rings (SSSR count). The van der Waals surface area contributed by atoms with E-state index >= 15 is 0 Å². The first-order valence-electron chi connectivity index (χ1n) is 8.97. The van der Waals surface area contributed by atoms with E-state index in [2.05, 4.69) is 36.5 Å². The van der Waals surface area contributed by atoms with Gasteiger partial charge >= 0.3 is 0 Å². The quantitative estimate of drug-likeness (QED) is 0.480. The number of nitrogens with one attached hydrogen (secondary N) is 1. The maximum atomic E-state index is 12.1. The van der Waals surface area contributed by atoms with Crippen molar-refractivity contribution >= 4 is 23.7 Å². The van der Waals surface area contributed by atoms with E-state index in [9.17, 15) is 4.79 Å². The van der Waals surface area contributed by atoms with E-state index in [0.29, 0.717) is 23.8 Å². The van der Waals surface area contributed by atoms with Gasteiger partial charge < -0.3 is 19.5 Å². The Kier molecular flexibility index (Phi) is 8.75. The molecule has 0 aliphatic rings. The molecule has 6 heteroatoms. The SMILES string of the molecule is COc1ccc(/C=C/C(=O)NCCSCc2cccc(C)c2)c(OC)c1OC. The molecule has 2 aromatic carbocycles. The lowest BCUT2D eigenvalue weighted by molar-refractivity contribution is -0.116. The van der Waals surface area contributed by atoms with E-state index in [-0.39, 0.29) is 5.91 Å². The van der Waals surface area contributed by atoms with Crippen molar-refractivity contribution in [3.05, 3.63) is 59.2 Å². The number of ether oxygens (including phenoxy) is 3. The molecule has 0 saturated carbocycles. The minimum atomic E-state index is -0.145. The third-order valence-corrected chi connectivity index (χ3v) is 5.08. The van der Waals surface area contributed by atoms with Crippen LogP contribution in [-0.2, 0) is 10.5 Å². The van der Waals surface area contributed by atoms with Crippen LogP contribution in [0.25, 0.3) is 6.08 Å². The van der Waals surface area contributed by atoms with Gasteiger partial charge in [-0.1, -0.05) is 29.8 Å². The molecule has 1 N–H and O–H groups in total. The van der Waals surface area contributed by atoms with Crippen LogP contribution in [0.5, 0.6) is 17.2 Å². The van der Waals surface area contributed by atoms with Crippen molar-refractivity contribution in [1.82, 2.24) is 5.32 Å². The number of hydrogen-bond donors (Lipinski definition) is 1. The minimum absolute atomic E-state index is 0.145. The van der Waals surface area contributed by atoms with Crippen LogP contribution >= 0.6 is 11.8 Å². The molecule has 0 saturated heterocycles. The van der Waals surface area contributed by atoms with Gasteiger partial charge in [0.15, 0.2) is 11.5 Å². The normalized spacial score (nSPS) is 10.7. The third kappa shape index (κ3) is 6.23. The number of carbonyl (C=O) groups is 1. The highest BCUT2D eigenvalue weighted by Crippen LogP contribution is 2.40. The largest absolute Gasteiger partial charge is 0.493 e. The molecular formula is C22H27NO4S. The van der Waals surface area contributed by atoms with Gasteiger partial charge in [-0.15, -0.1) is 0 Å². The summed E-state index contributed by atoms with van der Waals surface area (Å²) in [6.45, 7) is 2.71. The summed E-state index contributed by atoms with van der Waals surface area (Å²) in [7, 11) is 4.67. The molecule has 1 amide bonds. The molecule has 5 nitrogen and oxygen atoms in total. The highest BCUT2D eigenvalue weighted by atomic mass is 32.2. The lowest BCUT2D eigenvalue weighted by Gasteiger charge is -2.13. The van der Waals surface area contributed by atoms with Crippen molar-refractivity contribution < 1.29 is 19.0 Å². The van der Waals surface area contributed by atoms with E-state index < -0.39 is 0 Å². The number of hydrogen-bond acceptors (Lipinski definition) is 5. The molecule has 0 radical (unpaired) electrons. The predicted octanol–water partition coefficient (Wildman–Crippen LogP) is 4.08. The summed E-state index contributed by atoms with van der Waals surface area (Å²) in [5.74, 6) is 3.25. The fourth-order valence-electron chi connectivity index (χ4n) is 2.72. The molecule has 0 atom stereocenters. The number of carbonyl (C=O) groups excluding carboxylic acids is 1. The van der Waals surface area contributed by atoms with Crippen molar-refractivity contribution in [3.8, 4) is 17.2 Å². The summed E-state index contributed by atoms with van der Waals surface area (Å²) in [6.07, 6.45) is 3.20. The van der Waals surface area contributed by atoms with Crippen molar-refractivity contribution in [2.45, 2.75) is 12.7 Å². The summed E-state index contributed by atoms with van der Waals surface area (Å²) in [5.41, 5.74) is 3.31. The lowest BCUT2D eigenvalue weighted by Crippen LogP contribution is -2.23. The fourth-order valence-corrected chi connectivity index (χ4v) is 3.52. The van der Waals surface area contributed by atoms with E-state index in [1.165, 1.54) is 17.2 Å². The Morgan fingerprint density at radius 1 is 1.07 bits per heavy atom. The summed E-state index contributed by atoms with van der Waals surface area (Å²) in [5, 5.41) is 2.90. The Labute approximate surface area is 171 Å². The highest BCUT2D eigenvalue weighted by molar-refractivity contribution is 7.98. The molecule has 2 aromatic rings. The summed E-state index contributed by atoms with van der Waals surface area (Å²) in [6, 6.07) is 12.1. The molecular weight excluding hydrogens is 374 g/mol. The second-order valence-electron chi connectivity index (χ2n) is 6.09. The van der Waals surface area contributed by atoms with Gasteiger partial charge in [-0.2, -0.15) is 11.8 Å². The zero-order valence-electron chi connectivity index (χ0n) is 16.8. The minimum Gasteiger partial charge on any atom is -0.493 e. The first-order chi connectivity index (χ1) is 13.6. The second-order valence-corrected chi connectivity index (χ2v) is 7.19. The van der Waals surface area contributed by atoms with Gasteiger partial charge in [-0.3, -0.25) is 4.79 Å². The first kappa shape index (κ1) is 21.7. The maximum Gasteiger partial charge on any atom is 0.244 e. The Balaban J connectivity index is 1.83. The molecule has 0 bridgehead atoms. The first-order valence-corrected chi connectivity index (χ1v) is 10.1. The topological polar surface area (TPSA) is 56.8 Å². The van der Waals surface area contributed by atoms with Crippen LogP contribution in [0.3, 0.4) is 0 Å². The fraction of sp³-hybridized carbons (Fsp3) is 0.318. The van der Waals surface area contributed by atoms with Gasteiger partial charge in [-0.25, -0.2) is 0 Å². The molecule has 0 fully saturated rings. The molecule has 28 heavy (non-hydrogen) atoms. The summed E-state index contributed by atoms with van der Waals surface area (Å²) >= 11 is 1.80. The van der Waals surface area contributed by atoms with E-state index in [1.54, 1.807) is 45.2 Å². The molecule has 0 aliphatic heterocycles. The molecule has 0 unspecified atom stereocenters. The number of benzene rings is 2. The highest BCUT2D eigenvalue weighted by Gasteiger charge is 2.14. The van der Waals surface area contributed by atoms with Crippen molar-refractivity contribution in [1.29, 1.82) is 0 Å². The van der Waals surface area contributed by atoms with Crippen molar-refractivity contribution in [2.24, 2.45) is 0 Å². The van der Waals surface area contributed by atoms with E-state index in [1.807, 2.05) is 6.07 Å². The van der Waals surface area contributed by atoms with Crippen LogP contribution in [0.2, 0.25) is 0 Å². The van der Waals surface area contributed by atoms with E-state index in [4.69, 9.17) is 14.2 Å². The van der Waals surface area contributed by atoms with Crippen molar-refractivity contribution in [3.63, 3.8) is 0 Å². The van der Waals surface area contributed by atoms with Gasteiger partial charge in [0.2, 0.25) is 11.7 Å². The van der Waals surface area contributed by atoms with Gasteiger partial charge in [0.25, 0.3) is 0 Å². The smallest absolute Gasteiger partial charge is 0.244 e. The zero-order valence-corrected chi connectivity index (χ0v) is 17.6. The van der Waals surface area contributed by atoms with Crippen LogP contribution in [0.4, 0.5) is 0 Å². The Morgan fingerprint density at radius 2 is 1.86 bits per heavy atom. The maximum absolute atomic E-state index is 12.1. The van der Waals surface area contributed by atoms with Crippen LogP contribution in [0.1, 0.15) is 16.7 Å². The van der Waals surface area contributed by atoms with Gasteiger partial charge in [0, 0.05) is 29.7 Å². The predicted molar refractivity (Wildman–Crippen MR) is 115 cm³/mol. The van der Waals surface area contributed by atoms with Crippen LogP contribution in [0.15, 0.2) is 42.5 Å². The number of amides is 1. The van der Waals surface area contributed by atoms with Gasteiger partial charge in [0.05, 0.1) is 21.3 Å². The summed E-state index contributed by atoms with van der Waals surface area (Å²) < 4.78 is 16.0. The Morgan fingerprint density at radius 3 is 2.54 bits per heavy atom. The molecule has 150 valence electrons. The van der Waals surface area contributed by atoms with E-state index in [0.717, 1.165) is 17.1 Å². The molecule has 0 aromatic heterocycles. The number of methoxy groups -OCH3 is 3. The Hall–Kier alpha value is -2.60. The second kappa shape index (κ2) is 11.3. The Bertz CT molecular complexity index is 820. The lowest BCUT2D eigenvalue weighted by atomic mass is 10.1. The third-order valence-electron chi connectivity index (χ3n) is 4.05. The van der Waals surface area contributed by atoms with Crippen molar-refractivity contribution in [2.75, 3.05) is 33.6 Å². The summed E-state index contributed by atoms with van der Waals surface area (Å²) in [4.78, 5) is 12.1. The van der Waals surface area contributed by atoms with Crippen LogP contribution < -0.4 is 19.5 Å². The number of thioether (sulfide) groups is 1. The van der Waals surface area contributed by atoms with Gasteiger partial charge in [0.1, 0.15) is 0 Å². The average Bonchev–Trinajstić information content (AvgIpc) is 2.71. The monoisotopic (exact) mass is 401 g/mol. The van der Waals surface area contributed by atoms with Crippen LogP contribution in [0, 0.1) is 6.92 Å². The molecule has 0 aliphatic carbocycles. The van der Waals surface area contributed by atoms with Crippen LogP contribution in [-0.4, -0.2) is 39.5 Å². The van der Waals surface area contributed by atoms with Gasteiger partial charge in [-0.05, 0) is 30.7 Å².